The number of amides is 3. The van der Waals surface area contributed by atoms with E-state index in [0.717, 1.165) is 12.2 Å². The van der Waals surface area contributed by atoms with Crippen LogP contribution in [0.25, 0.3) is 0 Å². The lowest BCUT2D eigenvalue weighted by atomic mass is 9.98. The van der Waals surface area contributed by atoms with Gasteiger partial charge in [-0.15, -0.1) is 0 Å². The Morgan fingerprint density at radius 2 is 1.79 bits per heavy atom. The van der Waals surface area contributed by atoms with Crippen LogP contribution in [0.2, 0.25) is 0 Å². The van der Waals surface area contributed by atoms with E-state index in [2.05, 4.69) is 24.0 Å². The van der Waals surface area contributed by atoms with Crippen LogP contribution in [0.15, 0.2) is 36.5 Å². The van der Waals surface area contributed by atoms with E-state index in [1.165, 1.54) is 4.90 Å². The van der Waals surface area contributed by atoms with Crippen molar-refractivity contribution in [1.82, 2.24) is 15.8 Å². The number of carbonyl (C=O) groups is 3. The lowest BCUT2D eigenvalue weighted by Crippen LogP contribution is -2.51. The molecule has 162 valence electrons. The fourth-order valence-corrected chi connectivity index (χ4v) is 2.72. The highest BCUT2D eigenvalue weighted by Gasteiger charge is 2.33. The first kappa shape index (κ1) is 24.3. The van der Waals surface area contributed by atoms with Crippen molar-refractivity contribution < 1.29 is 27.9 Å². The average molecular weight is 414 g/mol. The van der Waals surface area contributed by atoms with Crippen molar-refractivity contribution in [3.8, 4) is 0 Å². The molecule has 1 atom stereocenters. The van der Waals surface area contributed by atoms with Crippen molar-refractivity contribution in [3.05, 3.63) is 36.5 Å². The molecule has 0 aliphatic carbocycles. The zero-order valence-corrected chi connectivity index (χ0v) is 16.9. The summed E-state index contributed by atoms with van der Waals surface area (Å²) in [5.74, 6) is -2.18. The molecule has 1 aliphatic rings. The maximum atomic E-state index is 13.4. The van der Waals surface area contributed by atoms with E-state index < -0.39 is 46.6 Å². The first-order chi connectivity index (χ1) is 13.3. The fraction of sp³-hybridized carbons (Fsp3) is 0.526. The van der Waals surface area contributed by atoms with E-state index in [1.54, 1.807) is 20.8 Å². The Bertz CT molecular complexity index is 708. The van der Waals surface area contributed by atoms with Gasteiger partial charge in [0.1, 0.15) is 5.60 Å². The second-order valence-corrected chi connectivity index (χ2v) is 7.57. The topological polar surface area (TPSA) is 114 Å². The van der Waals surface area contributed by atoms with Gasteiger partial charge in [-0.05, 0) is 33.6 Å². The van der Waals surface area contributed by atoms with Crippen LogP contribution in [0.5, 0.6) is 0 Å². The van der Waals surface area contributed by atoms with Crippen molar-refractivity contribution >= 4 is 17.9 Å². The van der Waals surface area contributed by atoms with Gasteiger partial charge in [-0.25, -0.2) is 4.79 Å². The Kier molecular flexibility index (Phi) is 8.07. The summed E-state index contributed by atoms with van der Waals surface area (Å²) in [4.78, 5) is 38.1. The summed E-state index contributed by atoms with van der Waals surface area (Å²) in [6.07, 6.45) is 2.17. The van der Waals surface area contributed by atoms with Crippen molar-refractivity contribution in [3.63, 3.8) is 0 Å². The Labute approximate surface area is 168 Å². The molecular weight excluding hydrogens is 386 g/mol. The van der Waals surface area contributed by atoms with Gasteiger partial charge in [-0.3, -0.25) is 26.2 Å². The van der Waals surface area contributed by atoms with Crippen LogP contribution in [0.3, 0.4) is 0 Å². The molecule has 1 aliphatic heterocycles. The zero-order valence-electron chi connectivity index (χ0n) is 16.9. The molecule has 0 saturated carbocycles. The van der Waals surface area contributed by atoms with Crippen molar-refractivity contribution in [2.24, 2.45) is 11.7 Å². The molecule has 1 fully saturated rings. The number of hydrogen-bond acceptors (Lipinski definition) is 5. The first-order valence-electron chi connectivity index (χ1n) is 9.04. The minimum absolute atomic E-state index is 0.111. The monoisotopic (exact) mass is 414 g/mol. The van der Waals surface area contributed by atoms with Gasteiger partial charge in [0.25, 0.3) is 5.91 Å². The third-order valence-electron chi connectivity index (χ3n) is 4.05. The molecule has 3 amide bonds. The van der Waals surface area contributed by atoms with Gasteiger partial charge in [0, 0.05) is 18.7 Å². The molecule has 1 rings (SSSR count). The van der Waals surface area contributed by atoms with E-state index in [9.17, 15) is 23.2 Å². The number of nitrogens with two attached hydrogens (primary N) is 1. The number of hydrogen-bond donors (Lipinski definition) is 3. The number of ether oxygens (including phenoxy) is 1. The predicted octanol–water partition coefficient (Wildman–Crippen LogP) is 2.00. The summed E-state index contributed by atoms with van der Waals surface area (Å²) in [5, 5.41) is 0. The van der Waals surface area contributed by atoms with E-state index in [1.807, 2.05) is 0 Å². The van der Waals surface area contributed by atoms with E-state index in [0.29, 0.717) is 19.4 Å². The number of nitrogens with one attached hydrogen (secondary N) is 2. The number of likely N-dealkylation sites (tertiary alicyclic amines) is 1. The Morgan fingerprint density at radius 1 is 1.17 bits per heavy atom. The highest BCUT2D eigenvalue weighted by molar-refractivity contribution is 5.98. The minimum Gasteiger partial charge on any atom is -0.444 e. The molecule has 0 bridgehead atoms. The molecule has 10 heteroatoms. The molecule has 1 heterocycles. The standard InChI is InChI=1S/C19H28F2N4O4/c1-6-13(14(7-2)19(20,21)22)16(27)24-23-15(26)12-9-8-10-25(11-12)17(28)29-18(3,4)5/h6-7,12H,1-2,8-11,22H2,3-5H3,(H,23,26)(H,24,27)/b14-13-. The van der Waals surface area contributed by atoms with Crippen LogP contribution in [-0.4, -0.2) is 47.5 Å². The molecule has 8 nitrogen and oxygen atoms in total. The van der Waals surface area contributed by atoms with E-state index in [4.69, 9.17) is 10.5 Å². The first-order valence-corrected chi connectivity index (χ1v) is 9.04. The fourth-order valence-electron chi connectivity index (χ4n) is 2.72. The molecule has 0 aromatic carbocycles. The summed E-state index contributed by atoms with van der Waals surface area (Å²) >= 11 is 0. The van der Waals surface area contributed by atoms with Crippen LogP contribution in [0.4, 0.5) is 13.6 Å². The molecule has 0 spiro atoms. The van der Waals surface area contributed by atoms with Gasteiger partial charge in [-0.1, -0.05) is 25.3 Å². The molecule has 0 aromatic heterocycles. The number of piperidine rings is 1. The van der Waals surface area contributed by atoms with Gasteiger partial charge in [0.15, 0.2) is 0 Å². The second kappa shape index (κ2) is 9.64. The number of carbonyl (C=O) groups excluding carboxylic acids is 3. The zero-order chi connectivity index (χ0) is 22.4. The third-order valence-corrected chi connectivity index (χ3v) is 4.05. The smallest absolute Gasteiger partial charge is 0.410 e. The minimum atomic E-state index is -3.80. The molecule has 1 unspecified atom stereocenters. The van der Waals surface area contributed by atoms with Gasteiger partial charge in [-0.2, -0.15) is 8.78 Å². The SMILES string of the molecule is C=C/C(C(=O)NNC(=O)C1CCCN(C(=O)OC(C)(C)C)C1)=C(\C=C)C(N)(F)F. The van der Waals surface area contributed by atoms with Gasteiger partial charge < -0.3 is 9.64 Å². The highest BCUT2D eigenvalue weighted by Crippen LogP contribution is 2.23. The second-order valence-electron chi connectivity index (χ2n) is 7.57. The van der Waals surface area contributed by atoms with Crippen LogP contribution in [0, 0.1) is 5.92 Å². The lowest BCUT2D eigenvalue weighted by Gasteiger charge is -2.33. The largest absolute Gasteiger partial charge is 0.444 e. The van der Waals surface area contributed by atoms with Gasteiger partial charge in [0.2, 0.25) is 5.91 Å². The van der Waals surface area contributed by atoms with Gasteiger partial charge in [0.05, 0.1) is 11.5 Å². The van der Waals surface area contributed by atoms with Crippen molar-refractivity contribution in [2.45, 2.75) is 45.3 Å². The molecular formula is C19H28F2N4O4. The van der Waals surface area contributed by atoms with Gasteiger partial charge >= 0.3 is 12.1 Å². The van der Waals surface area contributed by atoms with Crippen LogP contribution in [-0.2, 0) is 14.3 Å². The molecule has 0 aromatic rings. The Balaban J connectivity index is 2.75. The summed E-state index contributed by atoms with van der Waals surface area (Å²) in [5.41, 5.74) is 6.97. The third kappa shape index (κ3) is 7.30. The van der Waals surface area contributed by atoms with E-state index >= 15 is 0 Å². The molecule has 29 heavy (non-hydrogen) atoms. The summed E-state index contributed by atoms with van der Waals surface area (Å²) < 4.78 is 32.1. The average Bonchev–Trinajstić information content (AvgIpc) is 2.61. The normalized spacial score (nSPS) is 18.3. The number of nitrogens with zero attached hydrogens (tertiary/aromatic N) is 1. The van der Waals surface area contributed by atoms with Crippen molar-refractivity contribution in [2.75, 3.05) is 13.1 Å². The number of halogens is 2. The van der Waals surface area contributed by atoms with E-state index in [-0.39, 0.29) is 6.54 Å². The highest BCUT2D eigenvalue weighted by atomic mass is 19.3. The summed E-state index contributed by atoms with van der Waals surface area (Å²) in [7, 11) is 0. The maximum absolute atomic E-state index is 13.4. The molecule has 4 N–H and O–H groups in total. The lowest BCUT2D eigenvalue weighted by molar-refractivity contribution is -0.131. The predicted molar refractivity (Wildman–Crippen MR) is 103 cm³/mol. The number of alkyl halides is 2. The summed E-state index contributed by atoms with van der Waals surface area (Å²) in [6, 6.07) is -3.80. The quantitative estimate of drug-likeness (QED) is 0.276. The van der Waals surface area contributed by atoms with Crippen molar-refractivity contribution in [1.29, 1.82) is 0 Å². The maximum Gasteiger partial charge on any atom is 0.410 e. The number of rotatable bonds is 5. The van der Waals surface area contributed by atoms with Crippen LogP contribution >= 0.6 is 0 Å². The Morgan fingerprint density at radius 3 is 2.28 bits per heavy atom. The van der Waals surface area contributed by atoms with Crippen LogP contribution < -0.4 is 16.6 Å². The molecule has 1 saturated heterocycles. The summed E-state index contributed by atoms with van der Waals surface area (Å²) in [6.45, 7) is 12.3. The van der Waals surface area contributed by atoms with Crippen LogP contribution in [0.1, 0.15) is 33.6 Å². The molecule has 0 radical (unpaired) electrons. The number of hydrazine groups is 1. The Hall–Kier alpha value is -2.75.